The fourth-order valence-electron chi connectivity index (χ4n) is 1.65. The third-order valence-corrected chi connectivity index (χ3v) is 4.28. The smallest absolute Gasteiger partial charge is 0.0849 e. The van der Waals surface area contributed by atoms with Crippen molar-refractivity contribution in [3.05, 3.63) is 17.1 Å². The zero-order valence-electron chi connectivity index (χ0n) is 7.35. The number of aromatic nitrogens is 1. The lowest BCUT2D eigenvalue weighted by molar-refractivity contribution is 0.113. The zero-order chi connectivity index (χ0) is 9.10. The Balaban J connectivity index is 1.99. The summed E-state index contributed by atoms with van der Waals surface area (Å²) in [5, 5.41) is 11.9. The first-order chi connectivity index (χ1) is 6.38. The van der Waals surface area contributed by atoms with Crippen LogP contribution in [0.4, 0.5) is 0 Å². The predicted octanol–water partition coefficient (Wildman–Crippen LogP) is 2.32. The van der Waals surface area contributed by atoms with Crippen molar-refractivity contribution in [1.29, 1.82) is 0 Å². The molecule has 2 nitrogen and oxygen atoms in total. The molecule has 0 saturated carbocycles. The molecule has 4 heteroatoms. The first-order valence-electron chi connectivity index (χ1n) is 4.53. The second-order valence-corrected chi connectivity index (χ2v) is 5.19. The minimum atomic E-state index is -0.286. The predicted molar refractivity (Wildman–Crippen MR) is 57.1 cm³/mol. The second-order valence-electron chi connectivity index (χ2n) is 3.38. The van der Waals surface area contributed by atoms with Gasteiger partial charge in [0, 0.05) is 17.1 Å². The van der Waals surface area contributed by atoms with Crippen LogP contribution in [0.3, 0.4) is 0 Å². The number of rotatable bonds is 2. The van der Waals surface area contributed by atoms with Crippen molar-refractivity contribution >= 4 is 23.3 Å². The molecule has 2 rings (SSSR count). The average molecular weight is 215 g/mol. The van der Waals surface area contributed by atoms with Crippen molar-refractivity contribution in [1.82, 2.24) is 4.37 Å². The molecule has 2 heterocycles. The minimum Gasteiger partial charge on any atom is -0.388 e. The van der Waals surface area contributed by atoms with Crippen LogP contribution in [-0.4, -0.2) is 21.0 Å². The third-order valence-electron chi connectivity index (χ3n) is 2.43. The van der Waals surface area contributed by atoms with Gasteiger partial charge in [0.1, 0.15) is 0 Å². The lowest BCUT2D eigenvalue weighted by Crippen LogP contribution is -2.18. The summed E-state index contributed by atoms with van der Waals surface area (Å²) in [5.41, 5.74) is 0.998. The van der Waals surface area contributed by atoms with E-state index in [-0.39, 0.29) is 6.10 Å². The average Bonchev–Trinajstić information content (AvgIpc) is 2.71. The van der Waals surface area contributed by atoms with Gasteiger partial charge in [-0.2, -0.15) is 11.8 Å². The van der Waals surface area contributed by atoms with Crippen LogP contribution in [0.2, 0.25) is 0 Å². The highest BCUT2D eigenvalue weighted by Crippen LogP contribution is 2.33. The van der Waals surface area contributed by atoms with Gasteiger partial charge < -0.3 is 5.11 Å². The molecule has 13 heavy (non-hydrogen) atoms. The number of nitrogens with zero attached hydrogens (tertiary/aromatic N) is 1. The van der Waals surface area contributed by atoms with Crippen molar-refractivity contribution < 1.29 is 5.11 Å². The van der Waals surface area contributed by atoms with Gasteiger partial charge in [-0.1, -0.05) is 0 Å². The van der Waals surface area contributed by atoms with Crippen molar-refractivity contribution in [3.8, 4) is 0 Å². The van der Waals surface area contributed by atoms with Crippen LogP contribution < -0.4 is 0 Å². The number of aliphatic hydroxyl groups is 1. The minimum absolute atomic E-state index is 0.286. The molecule has 1 fully saturated rings. The lowest BCUT2D eigenvalue weighted by atomic mass is 9.95. The van der Waals surface area contributed by atoms with E-state index in [1.54, 1.807) is 6.20 Å². The van der Waals surface area contributed by atoms with E-state index in [2.05, 4.69) is 4.37 Å². The van der Waals surface area contributed by atoms with E-state index in [0.29, 0.717) is 5.92 Å². The van der Waals surface area contributed by atoms with E-state index in [1.807, 2.05) is 17.1 Å². The molecule has 0 spiro atoms. The Kier molecular flexibility index (Phi) is 3.24. The highest BCUT2D eigenvalue weighted by atomic mass is 32.2. The molecule has 0 amide bonds. The monoisotopic (exact) mass is 215 g/mol. The topological polar surface area (TPSA) is 33.1 Å². The number of hydrogen-bond donors (Lipinski definition) is 1. The summed E-state index contributed by atoms with van der Waals surface area (Å²) >= 11 is 3.37. The standard InChI is InChI=1S/C9H13NOS2/c11-9(8-4-10-13-6-8)7-2-1-3-12-5-7/h4,6-7,9,11H,1-3,5H2. The Morgan fingerprint density at radius 2 is 2.54 bits per heavy atom. The SMILES string of the molecule is OC(c1cnsc1)C1CCCSC1. The summed E-state index contributed by atoms with van der Waals surface area (Å²) in [7, 11) is 0. The van der Waals surface area contributed by atoms with Gasteiger partial charge in [-0.15, -0.1) is 0 Å². The molecule has 0 aliphatic carbocycles. The van der Waals surface area contributed by atoms with Gasteiger partial charge in [0.25, 0.3) is 0 Å². The molecule has 1 aliphatic rings. The molecular formula is C9H13NOS2. The Labute approximate surface area is 86.5 Å². The molecule has 72 valence electrons. The normalized spacial score (nSPS) is 25.8. The Morgan fingerprint density at radius 3 is 3.15 bits per heavy atom. The first kappa shape index (κ1) is 9.49. The summed E-state index contributed by atoms with van der Waals surface area (Å²) in [6.45, 7) is 0. The maximum atomic E-state index is 9.99. The maximum absolute atomic E-state index is 9.99. The van der Waals surface area contributed by atoms with E-state index in [4.69, 9.17) is 0 Å². The van der Waals surface area contributed by atoms with Crippen LogP contribution in [0.15, 0.2) is 11.6 Å². The van der Waals surface area contributed by atoms with Crippen LogP contribution in [0.1, 0.15) is 24.5 Å². The molecule has 1 aliphatic heterocycles. The Morgan fingerprint density at radius 1 is 1.62 bits per heavy atom. The maximum Gasteiger partial charge on any atom is 0.0849 e. The summed E-state index contributed by atoms with van der Waals surface area (Å²) in [6.07, 6.45) is 3.90. The van der Waals surface area contributed by atoms with Gasteiger partial charge in [0.15, 0.2) is 0 Å². The van der Waals surface area contributed by atoms with Crippen LogP contribution >= 0.6 is 23.3 Å². The molecule has 2 unspecified atom stereocenters. The fourth-order valence-corrected chi connectivity index (χ4v) is 3.40. The zero-order valence-corrected chi connectivity index (χ0v) is 8.98. The molecular weight excluding hydrogens is 202 g/mol. The summed E-state index contributed by atoms with van der Waals surface area (Å²) in [4.78, 5) is 0. The molecule has 1 aromatic heterocycles. The summed E-state index contributed by atoms with van der Waals surface area (Å²) in [5.74, 6) is 2.79. The highest BCUT2D eigenvalue weighted by molar-refractivity contribution is 7.99. The van der Waals surface area contributed by atoms with Gasteiger partial charge in [0.2, 0.25) is 0 Å². The van der Waals surface area contributed by atoms with E-state index >= 15 is 0 Å². The van der Waals surface area contributed by atoms with E-state index < -0.39 is 0 Å². The van der Waals surface area contributed by atoms with Gasteiger partial charge in [0.05, 0.1) is 6.10 Å². The molecule has 2 atom stereocenters. The third kappa shape index (κ3) is 2.24. The van der Waals surface area contributed by atoms with Gasteiger partial charge >= 0.3 is 0 Å². The molecule has 1 saturated heterocycles. The van der Waals surface area contributed by atoms with Crippen LogP contribution in [0.25, 0.3) is 0 Å². The van der Waals surface area contributed by atoms with Crippen LogP contribution in [0.5, 0.6) is 0 Å². The number of hydrogen-bond acceptors (Lipinski definition) is 4. The van der Waals surface area contributed by atoms with E-state index in [1.165, 1.54) is 23.7 Å². The van der Waals surface area contributed by atoms with Gasteiger partial charge in [-0.05, 0) is 41.8 Å². The molecule has 0 radical (unpaired) electrons. The first-order valence-corrected chi connectivity index (χ1v) is 6.52. The van der Waals surface area contributed by atoms with Crippen LogP contribution in [-0.2, 0) is 0 Å². The second kappa shape index (κ2) is 4.44. The Bertz CT molecular complexity index is 244. The highest BCUT2D eigenvalue weighted by Gasteiger charge is 2.23. The van der Waals surface area contributed by atoms with E-state index in [0.717, 1.165) is 17.7 Å². The van der Waals surface area contributed by atoms with Crippen molar-refractivity contribution in [2.24, 2.45) is 5.92 Å². The molecule has 0 aromatic carbocycles. The lowest BCUT2D eigenvalue weighted by Gasteiger charge is -2.25. The quantitative estimate of drug-likeness (QED) is 0.822. The number of aliphatic hydroxyl groups excluding tert-OH is 1. The summed E-state index contributed by atoms with van der Waals surface area (Å²) < 4.78 is 4.01. The summed E-state index contributed by atoms with van der Waals surface area (Å²) in [6, 6.07) is 0. The van der Waals surface area contributed by atoms with Gasteiger partial charge in [-0.3, -0.25) is 0 Å². The molecule has 0 bridgehead atoms. The van der Waals surface area contributed by atoms with Gasteiger partial charge in [-0.25, -0.2) is 4.37 Å². The van der Waals surface area contributed by atoms with Crippen molar-refractivity contribution in [2.45, 2.75) is 18.9 Å². The van der Waals surface area contributed by atoms with Crippen molar-refractivity contribution in [2.75, 3.05) is 11.5 Å². The van der Waals surface area contributed by atoms with Crippen molar-refractivity contribution in [3.63, 3.8) is 0 Å². The fraction of sp³-hybridized carbons (Fsp3) is 0.667. The van der Waals surface area contributed by atoms with Crippen LogP contribution in [0, 0.1) is 5.92 Å². The largest absolute Gasteiger partial charge is 0.388 e. The Hall–Kier alpha value is -0.0600. The van der Waals surface area contributed by atoms with E-state index in [9.17, 15) is 5.11 Å². The molecule has 1 aromatic rings. The molecule has 1 N–H and O–H groups in total. The number of thioether (sulfide) groups is 1.